The van der Waals surface area contributed by atoms with Gasteiger partial charge in [-0.25, -0.2) is 0 Å². The molecule has 1 aliphatic heterocycles. The Kier molecular flexibility index (Phi) is 7.99. The summed E-state index contributed by atoms with van der Waals surface area (Å²) in [5.74, 6) is 1.49. The van der Waals surface area contributed by atoms with Crippen molar-refractivity contribution in [3.05, 3.63) is 95.7 Å². The van der Waals surface area contributed by atoms with E-state index in [1.54, 1.807) is 14.2 Å². The Balaban J connectivity index is 1.56. The lowest BCUT2D eigenvalue weighted by Gasteiger charge is -2.35. The molecule has 1 aromatic heterocycles. The molecule has 0 bridgehead atoms. The largest absolute Gasteiger partial charge is 0.497 e. The number of carbonyl (C=O) groups is 1. The minimum absolute atomic E-state index is 0.141. The van der Waals surface area contributed by atoms with Crippen LogP contribution in [0.15, 0.2) is 79.0 Å². The number of methoxy groups -OCH3 is 2. The van der Waals surface area contributed by atoms with Crippen molar-refractivity contribution in [2.75, 3.05) is 46.9 Å². The maximum Gasteiger partial charge on any atom is 0.223 e. The van der Waals surface area contributed by atoms with E-state index >= 15 is 0 Å². The molecule has 3 aromatic carbocycles. The highest BCUT2D eigenvalue weighted by molar-refractivity contribution is 5.87. The third-order valence-corrected chi connectivity index (χ3v) is 7.72. The fourth-order valence-corrected chi connectivity index (χ4v) is 5.52. The molecule has 6 heteroatoms. The molecule has 0 N–H and O–H groups in total. The summed E-state index contributed by atoms with van der Waals surface area (Å²) in [5, 5.41) is 1.17. The van der Waals surface area contributed by atoms with Crippen LogP contribution in [-0.4, -0.2) is 67.2 Å². The zero-order valence-corrected chi connectivity index (χ0v) is 22.6. The first-order valence-electron chi connectivity index (χ1n) is 13.4. The van der Waals surface area contributed by atoms with Crippen molar-refractivity contribution in [1.29, 1.82) is 0 Å². The standard InChI is InChI=1S/C32H37N3O3/c1-4-33-14-16-34(17-15-33)32(36)21-29(25-18-26(37-2)20-27(19-25)38-3)30-23-35(22-24-10-6-5-7-11-24)31-13-9-8-12-28(30)31/h5-13,18-20,23,29H,4,14-17,21-22H2,1-3H3/t29-/m1/s1. The van der Waals surface area contributed by atoms with Crippen LogP contribution in [0.1, 0.15) is 36.0 Å². The molecule has 0 unspecified atom stereocenters. The zero-order valence-electron chi connectivity index (χ0n) is 22.6. The second-order valence-electron chi connectivity index (χ2n) is 9.93. The van der Waals surface area contributed by atoms with Gasteiger partial charge in [-0.2, -0.15) is 0 Å². The quantitative estimate of drug-likeness (QED) is 0.302. The Morgan fingerprint density at radius 1 is 0.868 bits per heavy atom. The first kappa shape index (κ1) is 25.9. The van der Waals surface area contributed by atoms with Crippen molar-refractivity contribution < 1.29 is 14.3 Å². The van der Waals surface area contributed by atoms with Gasteiger partial charge in [0.2, 0.25) is 5.91 Å². The fourth-order valence-electron chi connectivity index (χ4n) is 5.52. The smallest absolute Gasteiger partial charge is 0.223 e. The molecule has 1 atom stereocenters. The SMILES string of the molecule is CCN1CCN(C(=O)C[C@H](c2cc(OC)cc(OC)c2)c2cn(Cc3ccccc3)c3ccccc23)CC1. The van der Waals surface area contributed by atoms with Crippen LogP contribution in [0.2, 0.25) is 0 Å². The first-order chi connectivity index (χ1) is 18.6. The van der Waals surface area contributed by atoms with E-state index in [0.717, 1.165) is 67.4 Å². The lowest BCUT2D eigenvalue weighted by atomic mass is 9.87. The number of para-hydroxylation sites is 1. The highest BCUT2D eigenvalue weighted by Crippen LogP contribution is 2.38. The number of hydrogen-bond acceptors (Lipinski definition) is 4. The van der Waals surface area contributed by atoms with Gasteiger partial charge in [0.05, 0.1) is 14.2 Å². The van der Waals surface area contributed by atoms with E-state index in [4.69, 9.17) is 9.47 Å². The van der Waals surface area contributed by atoms with Crippen LogP contribution >= 0.6 is 0 Å². The van der Waals surface area contributed by atoms with Gasteiger partial charge in [0.15, 0.2) is 0 Å². The fraction of sp³-hybridized carbons (Fsp3) is 0.344. The summed E-state index contributed by atoms with van der Waals surface area (Å²) in [5.41, 5.74) is 4.57. The monoisotopic (exact) mass is 511 g/mol. The molecule has 38 heavy (non-hydrogen) atoms. The highest BCUT2D eigenvalue weighted by atomic mass is 16.5. The van der Waals surface area contributed by atoms with Crippen LogP contribution in [-0.2, 0) is 11.3 Å². The van der Waals surface area contributed by atoms with E-state index in [0.29, 0.717) is 6.42 Å². The Labute approximate surface area is 225 Å². The summed E-state index contributed by atoms with van der Waals surface area (Å²) in [6.07, 6.45) is 2.62. The molecule has 0 saturated carbocycles. The summed E-state index contributed by atoms with van der Waals surface area (Å²) in [4.78, 5) is 18.2. The average Bonchev–Trinajstić information content (AvgIpc) is 3.33. The van der Waals surface area contributed by atoms with E-state index in [1.165, 1.54) is 10.9 Å². The lowest BCUT2D eigenvalue weighted by Crippen LogP contribution is -2.48. The third kappa shape index (κ3) is 5.55. The van der Waals surface area contributed by atoms with Crippen molar-refractivity contribution in [3.63, 3.8) is 0 Å². The van der Waals surface area contributed by atoms with Crippen molar-refractivity contribution in [1.82, 2.24) is 14.4 Å². The Morgan fingerprint density at radius 3 is 2.18 bits per heavy atom. The van der Waals surface area contributed by atoms with Gasteiger partial charge in [0.25, 0.3) is 0 Å². The lowest BCUT2D eigenvalue weighted by molar-refractivity contribution is -0.133. The summed E-state index contributed by atoms with van der Waals surface area (Å²) >= 11 is 0. The predicted molar refractivity (Wildman–Crippen MR) is 152 cm³/mol. The van der Waals surface area contributed by atoms with Gasteiger partial charge < -0.3 is 23.8 Å². The first-order valence-corrected chi connectivity index (χ1v) is 13.4. The molecule has 1 amide bonds. The predicted octanol–water partition coefficient (Wildman–Crippen LogP) is 5.39. The minimum Gasteiger partial charge on any atom is -0.497 e. The highest BCUT2D eigenvalue weighted by Gasteiger charge is 2.28. The van der Waals surface area contributed by atoms with Crippen LogP contribution in [0.4, 0.5) is 0 Å². The Morgan fingerprint density at radius 2 is 1.53 bits per heavy atom. The van der Waals surface area contributed by atoms with E-state index < -0.39 is 0 Å². The second kappa shape index (κ2) is 11.7. The molecule has 1 saturated heterocycles. The molecular formula is C32H37N3O3. The molecule has 2 heterocycles. The van der Waals surface area contributed by atoms with Crippen LogP contribution < -0.4 is 9.47 Å². The number of piperazine rings is 1. The summed E-state index contributed by atoms with van der Waals surface area (Å²) in [6.45, 7) is 7.37. The van der Waals surface area contributed by atoms with Gasteiger partial charge in [-0.15, -0.1) is 0 Å². The normalized spacial score (nSPS) is 15.0. The number of benzene rings is 3. The minimum atomic E-state index is -0.141. The maximum atomic E-state index is 13.7. The van der Waals surface area contributed by atoms with Gasteiger partial charge in [-0.1, -0.05) is 55.5 Å². The van der Waals surface area contributed by atoms with E-state index in [2.05, 4.69) is 71.1 Å². The number of likely N-dealkylation sites (N-methyl/N-ethyl adjacent to an activating group) is 1. The summed E-state index contributed by atoms with van der Waals surface area (Å²) in [6, 6.07) is 24.9. The molecular weight excluding hydrogens is 474 g/mol. The number of nitrogens with zero attached hydrogens (tertiary/aromatic N) is 3. The molecule has 5 rings (SSSR count). The van der Waals surface area contributed by atoms with Crippen LogP contribution in [0, 0.1) is 0 Å². The Bertz CT molecular complexity index is 1350. The maximum absolute atomic E-state index is 13.7. The number of fused-ring (bicyclic) bond motifs is 1. The molecule has 1 fully saturated rings. The number of ether oxygens (including phenoxy) is 2. The molecule has 4 aromatic rings. The number of amides is 1. The topological polar surface area (TPSA) is 46.9 Å². The number of hydrogen-bond donors (Lipinski definition) is 0. The van der Waals surface area contributed by atoms with Gasteiger partial charge in [-0.05, 0) is 41.4 Å². The van der Waals surface area contributed by atoms with E-state index in [1.807, 2.05) is 29.2 Å². The molecule has 6 nitrogen and oxygen atoms in total. The third-order valence-electron chi connectivity index (χ3n) is 7.72. The Hall–Kier alpha value is -3.77. The van der Waals surface area contributed by atoms with Crippen LogP contribution in [0.3, 0.4) is 0 Å². The van der Waals surface area contributed by atoms with Gasteiger partial charge in [0, 0.05) is 68.2 Å². The van der Waals surface area contributed by atoms with E-state index in [9.17, 15) is 4.79 Å². The summed E-state index contributed by atoms with van der Waals surface area (Å²) in [7, 11) is 3.33. The molecule has 0 aliphatic carbocycles. The van der Waals surface area contributed by atoms with Crippen molar-refractivity contribution >= 4 is 16.8 Å². The molecule has 0 spiro atoms. The molecule has 1 aliphatic rings. The van der Waals surface area contributed by atoms with Crippen LogP contribution in [0.25, 0.3) is 10.9 Å². The average molecular weight is 512 g/mol. The number of carbonyl (C=O) groups excluding carboxylic acids is 1. The van der Waals surface area contributed by atoms with Gasteiger partial charge >= 0.3 is 0 Å². The number of aromatic nitrogens is 1. The summed E-state index contributed by atoms with van der Waals surface area (Å²) < 4.78 is 13.5. The molecule has 0 radical (unpaired) electrons. The van der Waals surface area contributed by atoms with Gasteiger partial charge in [0.1, 0.15) is 11.5 Å². The second-order valence-corrected chi connectivity index (χ2v) is 9.93. The number of rotatable bonds is 9. The van der Waals surface area contributed by atoms with Crippen LogP contribution in [0.5, 0.6) is 11.5 Å². The van der Waals surface area contributed by atoms with Gasteiger partial charge in [-0.3, -0.25) is 4.79 Å². The van der Waals surface area contributed by atoms with Crippen molar-refractivity contribution in [2.24, 2.45) is 0 Å². The van der Waals surface area contributed by atoms with Crippen molar-refractivity contribution in [2.45, 2.75) is 25.8 Å². The van der Waals surface area contributed by atoms with E-state index in [-0.39, 0.29) is 11.8 Å². The zero-order chi connectivity index (χ0) is 26.5. The molecule has 198 valence electrons. The van der Waals surface area contributed by atoms with Crippen molar-refractivity contribution in [3.8, 4) is 11.5 Å².